The molecule has 0 saturated heterocycles. The van der Waals surface area contributed by atoms with Crippen molar-refractivity contribution < 1.29 is 4.79 Å². The van der Waals surface area contributed by atoms with E-state index >= 15 is 0 Å². The molecule has 0 spiro atoms. The summed E-state index contributed by atoms with van der Waals surface area (Å²) in [6.45, 7) is 0.650. The van der Waals surface area contributed by atoms with E-state index in [0.717, 1.165) is 5.69 Å². The van der Waals surface area contributed by atoms with E-state index in [-0.39, 0.29) is 24.0 Å². The number of hydrogen-bond acceptors (Lipinski definition) is 7. The summed E-state index contributed by atoms with van der Waals surface area (Å²) in [5, 5.41) is 3.07. The number of carbonyl (C=O) groups excluding carboxylic acids is 1. The van der Waals surface area contributed by atoms with Crippen LogP contribution in [0.4, 0.5) is 17.6 Å². The Kier molecular flexibility index (Phi) is 4.25. The highest BCUT2D eigenvalue weighted by molar-refractivity contribution is 5.93. The van der Waals surface area contributed by atoms with Crippen molar-refractivity contribution in [2.45, 2.75) is 13.0 Å². The molecule has 1 amide bonds. The number of carbonyl (C=O) groups is 1. The zero-order valence-electron chi connectivity index (χ0n) is 14.3. The first-order valence-electron chi connectivity index (χ1n) is 8.41. The van der Waals surface area contributed by atoms with Crippen LogP contribution >= 0.6 is 0 Å². The molecule has 3 heterocycles. The number of nitrogens with two attached hydrogens (primary N) is 1. The average Bonchev–Trinajstić information content (AvgIpc) is 2.68. The van der Waals surface area contributed by atoms with E-state index in [9.17, 15) is 9.59 Å². The Morgan fingerprint density at radius 2 is 1.93 bits per heavy atom. The molecule has 1 aromatic carbocycles. The highest BCUT2D eigenvalue weighted by Crippen LogP contribution is 2.17. The van der Waals surface area contributed by atoms with Gasteiger partial charge < -0.3 is 16.0 Å². The molecule has 0 aliphatic carbocycles. The number of nitrogen functional groups attached to an aromatic ring is 1. The Bertz CT molecular complexity index is 1030. The lowest BCUT2D eigenvalue weighted by molar-refractivity contribution is 0.0730. The van der Waals surface area contributed by atoms with E-state index in [0.29, 0.717) is 35.7 Å². The third-order valence-corrected chi connectivity index (χ3v) is 4.31. The lowest BCUT2D eigenvalue weighted by Crippen LogP contribution is -2.39. The number of para-hydroxylation sites is 1. The second-order valence-electron chi connectivity index (χ2n) is 6.14. The molecule has 27 heavy (non-hydrogen) atoms. The maximum Gasteiger partial charge on any atom is 0.257 e. The Morgan fingerprint density at radius 3 is 2.67 bits per heavy atom. The lowest BCUT2D eigenvalue weighted by Gasteiger charge is -2.27. The molecule has 0 fully saturated rings. The summed E-state index contributed by atoms with van der Waals surface area (Å²) in [6, 6.07) is 9.52. The number of nitrogens with one attached hydrogen (secondary N) is 2. The molecule has 136 valence electrons. The number of fused-ring (bicyclic) bond motifs is 1. The van der Waals surface area contributed by atoms with Crippen LogP contribution in [-0.4, -0.2) is 37.3 Å². The van der Waals surface area contributed by atoms with Crippen molar-refractivity contribution in [2.75, 3.05) is 17.6 Å². The molecule has 0 bridgehead atoms. The number of benzene rings is 1. The predicted molar refractivity (Wildman–Crippen MR) is 99.5 cm³/mol. The second-order valence-corrected chi connectivity index (χ2v) is 6.14. The second kappa shape index (κ2) is 6.87. The summed E-state index contributed by atoms with van der Waals surface area (Å²) in [4.78, 5) is 41.3. The van der Waals surface area contributed by atoms with E-state index in [1.807, 2.05) is 30.3 Å². The van der Waals surface area contributed by atoms with Crippen LogP contribution in [0.2, 0.25) is 0 Å². The van der Waals surface area contributed by atoms with Crippen LogP contribution in [0.25, 0.3) is 0 Å². The summed E-state index contributed by atoms with van der Waals surface area (Å²) in [7, 11) is 0. The molecule has 4 rings (SSSR count). The van der Waals surface area contributed by atoms with Crippen molar-refractivity contribution in [3.8, 4) is 0 Å². The van der Waals surface area contributed by atoms with Crippen LogP contribution in [0.15, 0.2) is 47.5 Å². The van der Waals surface area contributed by atoms with E-state index < -0.39 is 0 Å². The molecule has 3 aromatic rings. The minimum Gasteiger partial charge on any atom is -0.369 e. The molecule has 1 aliphatic rings. The van der Waals surface area contributed by atoms with Gasteiger partial charge in [0.05, 0.1) is 17.8 Å². The van der Waals surface area contributed by atoms with Crippen molar-refractivity contribution >= 4 is 23.5 Å². The van der Waals surface area contributed by atoms with Crippen molar-refractivity contribution in [3.05, 3.63) is 69.9 Å². The first-order valence-corrected chi connectivity index (χ1v) is 8.41. The van der Waals surface area contributed by atoms with Gasteiger partial charge in [0.25, 0.3) is 11.5 Å². The van der Waals surface area contributed by atoms with Crippen molar-refractivity contribution in [1.29, 1.82) is 0 Å². The number of anilines is 3. The van der Waals surface area contributed by atoms with Crippen molar-refractivity contribution in [2.24, 2.45) is 0 Å². The SMILES string of the molecule is Nc1nc2c(c(=O)[nH]1)CCN(C(=O)c1cnc(Nc3ccccc3)nc1)C2. The monoisotopic (exact) mass is 363 g/mol. The van der Waals surface area contributed by atoms with Gasteiger partial charge in [-0.05, 0) is 18.6 Å². The van der Waals surface area contributed by atoms with Gasteiger partial charge >= 0.3 is 0 Å². The quantitative estimate of drug-likeness (QED) is 0.635. The summed E-state index contributed by atoms with van der Waals surface area (Å²) in [6.07, 6.45) is 3.39. The van der Waals surface area contributed by atoms with Gasteiger partial charge in [0.1, 0.15) is 0 Å². The minimum absolute atomic E-state index is 0.0488. The molecular weight excluding hydrogens is 346 g/mol. The number of aromatic amines is 1. The average molecular weight is 363 g/mol. The molecule has 0 radical (unpaired) electrons. The molecule has 9 nitrogen and oxygen atoms in total. The first-order chi connectivity index (χ1) is 13.1. The van der Waals surface area contributed by atoms with Crippen LogP contribution in [-0.2, 0) is 13.0 Å². The fraction of sp³-hybridized carbons (Fsp3) is 0.167. The molecule has 1 aliphatic heterocycles. The van der Waals surface area contributed by atoms with Crippen LogP contribution in [0.5, 0.6) is 0 Å². The van der Waals surface area contributed by atoms with Crippen LogP contribution in [0.3, 0.4) is 0 Å². The van der Waals surface area contributed by atoms with Crippen molar-refractivity contribution in [1.82, 2.24) is 24.8 Å². The Morgan fingerprint density at radius 1 is 1.19 bits per heavy atom. The van der Waals surface area contributed by atoms with Gasteiger partial charge in [0, 0.05) is 30.2 Å². The van der Waals surface area contributed by atoms with E-state index in [1.54, 1.807) is 4.90 Å². The molecule has 0 unspecified atom stereocenters. The zero-order valence-corrected chi connectivity index (χ0v) is 14.3. The molecule has 0 atom stereocenters. The third-order valence-electron chi connectivity index (χ3n) is 4.31. The van der Waals surface area contributed by atoms with Gasteiger partial charge in [0.15, 0.2) is 0 Å². The van der Waals surface area contributed by atoms with Gasteiger partial charge in [-0.25, -0.2) is 15.0 Å². The summed E-state index contributed by atoms with van der Waals surface area (Å²) in [5.41, 5.74) is 7.68. The Balaban J connectivity index is 1.49. The van der Waals surface area contributed by atoms with Crippen LogP contribution in [0, 0.1) is 0 Å². The molecular formula is C18H17N7O2. The highest BCUT2D eigenvalue weighted by Gasteiger charge is 2.25. The number of hydrogen-bond donors (Lipinski definition) is 3. The highest BCUT2D eigenvalue weighted by atomic mass is 16.2. The summed E-state index contributed by atoms with van der Waals surface area (Å²) < 4.78 is 0. The number of amides is 1. The number of aromatic nitrogens is 4. The third kappa shape index (κ3) is 3.47. The van der Waals surface area contributed by atoms with Gasteiger partial charge in [-0.3, -0.25) is 14.6 Å². The van der Waals surface area contributed by atoms with E-state index in [2.05, 4.69) is 25.3 Å². The fourth-order valence-corrected chi connectivity index (χ4v) is 2.97. The van der Waals surface area contributed by atoms with Crippen molar-refractivity contribution in [3.63, 3.8) is 0 Å². The zero-order chi connectivity index (χ0) is 18.8. The summed E-state index contributed by atoms with van der Waals surface area (Å²) in [5.74, 6) is 0.239. The topological polar surface area (TPSA) is 130 Å². The molecule has 9 heteroatoms. The van der Waals surface area contributed by atoms with E-state index in [1.165, 1.54) is 12.4 Å². The number of rotatable bonds is 3. The van der Waals surface area contributed by atoms with Crippen LogP contribution < -0.4 is 16.6 Å². The van der Waals surface area contributed by atoms with E-state index in [4.69, 9.17) is 5.73 Å². The maximum atomic E-state index is 12.7. The smallest absolute Gasteiger partial charge is 0.257 e. The van der Waals surface area contributed by atoms with Gasteiger partial charge in [-0.2, -0.15) is 0 Å². The summed E-state index contributed by atoms with van der Waals surface area (Å²) >= 11 is 0. The largest absolute Gasteiger partial charge is 0.369 e. The normalized spacial score (nSPS) is 13.1. The predicted octanol–water partition coefficient (Wildman–Crippen LogP) is 1.08. The molecule has 4 N–H and O–H groups in total. The molecule has 0 saturated carbocycles. The standard InChI is InChI=1S/C18H17N7O2/c19-17-23-14-10-25(7-6-13(14)15(26)24-17)16(27)11-8-20-18(21-9-11)22-12-4-2-1-3-5-12/h1-5,8-9H,6-7,10H2,(H,20,21,22)(H3,19,23,24,26). The van der Waals surface area contributed by atoms with Gasteiger partial charge in [0.2, 0.25) is 11.9 Å². The fourth-order valence-electron chi connectivity index (χ4n) is 2.97. The van der Waals surface area contributed by atoms with Crippen LogP contribution in [0.1, 0.15) is 21.6 Å². The number of nitrogens with zero attached hydrogens (tertiary/aromatic N) is 4. The lowest BCUT2D eigenvalue weighted by atomic mass is 10.1. The maximum absolute atomic E-state index is 12.7. The Labute approximate surface area is 154 Å². The Hall–Kier alpha value is -3.75. The number of H-pyrrole nitrogens is 1. The minimum atomic E-state index is -0.246. The van der Waals surface area contributed by atoms with Gasteiger partial charge in [-0.1, -0.05) is 18.2 Å². The van der Waals surface area contributed by atoms with Gasteiger partial charge in [-0.15, -0.1) is 0 Å². The first kappa shape index (κ1) is 16.7. The molecule has 2 aromatic heterocycles.